The fourth-order valence-electron chi connectivity index (χ4n) is 1.77. The lowest BCUT2D eigenvalue weighted by Gasteiger charge is -2.24. The SMILES string of the molecule is CCCN(CC(=O)O)C(=O)C(C)Oc1ccc(F)cc1Br. The second kappa shape index (κ2) is 7.97. The summed E-state index contributed by atoms with van der Waals surface area (Å²) in [5.41, 5.74) is 0. The number of carbonyl (C=O) groups is 2. The molecular weight excluding hydrogens is 345 g/mol. The van der Waals surface area contributed by atoms with Gasteiger partial charge in [0.1, 0.15) is 18.1 Å². The smallest absolute Gasteiger partial charge is 0.323 e. The molecule has 0 heterocycles. The van der Waals surface area contributed by atoms with Crippen LogP contribution in [0.1, 0.15) is 20.3 Å². The van der Waals surface area contributed by atoms with Crippen LogP contribution >= 0.6 is 15.9 Å². The highest BCUT2D eigenvalue weighted by Gasteiger charge is 2.24. The molecule has 7 heteroatoms. The zero-order valence-corrected chi connectivity index (χ0v) is 13.4. The van der Waals surface area contributed by atoms with Gasteiger partial charge in [0.2, 0.25) is 0 Å². The lowest BCUT2D eigenvalue weighted by molar-refractivity contribution is -0.147. The summed E-state index contributed by atoms with van der Waals surface area (Å²) >= 11 is 3.15. The molecule has 1 aromatic rings. The maximum absolute atomic E-state index is 13.0. The Labute approximate surface area is 130 Å². The fourth-order valence-corrected chi connectivity index (χ4v) is 2.21. The van der Waals surface area contributed by atoms with Gasteiger partial charge in [-0.2, -0.15) is 0 Å². The van der Waals surface area contributed by atoms with Crippen LogP contribution in [0, 0.1) is 5.82 Å². The van der Waals surface area contributed by atoms with Crippen LogP contribution in [0.3, 0.4) is 0 Å². The molecule has 1 amide bonds. The topological polar surface area (TPSA) is 66.8 Å². The summed E-state index contributed by atoms with van der Waals surface area (Å²) < 4.78 is 18.9. The Balaban J connectivity index is 2.78. The minimum absolute atomic E-state index is 0.323. The van der Waals surface area contributed by atoms with Crippen LogP contribution in [0.25, 0.3) is 0 Å². The number of carboxylic acids is 1. The highest BCUT2D eigenvalue weighted by atomic mass is 79.9. The van der Waals surface area contributed by atoms with E-state index < -0.39 is 23.8 Å². The average Bonchev–Trinajstić information content (AvgIpc) is 2.40. The zero-order chi connectivity index (χ0) is 16.0. The summed E-state index contributed by atoms with van der Waals surface area (Å²) in [6.07, 6.45) is -0.218. The van der Waals surface area contributed by atoms with Crippen LogP contribution in [0.15, 0.2) is 22.7 Å². The van der Waals surface area contributed by atoms with Crippen LogP contribution in [0.2, 0.25) is 0 Å². The van der Waals surface area contributed by atoms with E-state index in [0.29, 0.717) is 23.2 Å². The van der Waals surface area contributed by atoms with E-state index in [-0.39, 0.29) is 6.54 Å². The number of aliphatic carboxylic acids is 1. The molecule has 0 aliphatic heterocycles. The van der Waals surface area contributed by atoms with Crippen LogP contribution in [-0.4, -0.2) is 41.1 Å². The Hall–Kier alpha value is -1.63. The first-order valence-electron chi connectivity index (χ1n) is 6.47. The van der Waals surface area contributed by atoms with Gasteiger partial charge in [-0.25, -0.2) is 4.39 Å². The zero-order valence-electron chi connectivity index (χ0n) is 11.8. The minimum Gasteiger partial charge on any atom is -0.480 e. The molecule has 1 atom stereocenters. The summed E-state index contributed by atoms with van der Waals surface area (Å²) in [5.74, 6) is -1.60. The van der Waals surface area contributed by atoms with Gasteiger partial charge in [-0.3, -0.25) is 9.59 Å². The molecule has 0 bridgehead atoms. The standard InChI is InChI=1S/C14H17BrFNO4/c1-3-6-17(8-13(18)19)14(20)9(2)21-12-5-4-10(16)7-11(12)15/h4-5,7,9H,3,6,8H2,1-2H3,(H,18,19). The maximum Gasteiger partial charge on any atom is 0.323 e. The predicted octanol–water partition coefficient (Wildman–Crippen LogP) is 2.68. The number of benzene rings is 1. The molecule has 0 aliphatic carbocycles. The quantitative estimate of drug-likeness (QED) is 0.810. The monoisotopic (exact) mass is 361 g/mol. The van der Waals surface area contributed by atoms with E-state index >= 15 is 0 Å². The Morgan fingerprint density at radius 1 is 1.48 bits per heavy atom. The first-order chi connectivity index (χ1) is 9.85. The molecule has 1 aromatic carbocycles. The van der Waals surface area contributed by atoms with E-state index in [1.807, 2.05) is 6.92 Å². The summed E-state index contributed by atoms with van der Waals surface area (Å²) in [5, 5.41) is 8.82. The first-order valence-corrected chi connectivity index (χ1v) is 7.26. The highest BCUT2D eigenvalue weighted by molar-refractivity contribution is 9.10. The number of carbonyl (C=O) groups excluding carboxylic acids is 1. The van der Waals surface area contributed by atoms with Crippen molar-refractivity contribution in [3.63, 3.8) is 0 Å². The Kier molecular flexibility index (Phi) is 6.61. The van der Waals surface area contributed by atoms with Crippen LogP contribution < -0.4 is 4.74 Å². The summed E-state index contributed by atoms with van der Waals surface area (Å²) in [6, 6.07) is 3.86. The van der Waals surface area contributed by atoms with E-state index in [9.17, 15) is 14.0 Å². The molecule has 0 spiro atoms. The van der Waals surface area contributed by atoms with Crippen LogP contribution in [-0.2, 0) is 9.59 Å². The highest BCUT2D eigenvalue weighted by Crippen LogP contribution is 2.26. The van der Waals surface area contributed by atoms with Gasteiger partial charge in [0.25, 0.3) is 5.91 Å². The Morgan fingerprint density at radius 2 is 2.14 bits per heavy atom. The van der Waals surface area contributed by atoms with E-state index in [1.165, 1.54) is 30.0 Å². The molecule has 21 heavy (non-hydrogen) atoms. The molecule has 0 fully saturated rings. The molecule has 0 saturated heterocycles. The number of halogens is 2. The fraction of sp³-hybridized carbons (Fsp3) is 0.429. The van der Waals surface area contributed by atoms with Gasteiger partial charge in [-0.15, -0.1) is 0 Å². The van der Waals surface area contributed by atoms with Crippen LogP contribution in [0.5, 0.6) is 5.75 Å². The normalized spacial score (nSPS) is 11.8. The summed E-state index contributed by atoms with van der Waals surface area (Å²) in [6.45, 7) is 3.35. The van der Waals surface area contributed by atoms with Gasteiger partial charge in [0.15, 0.2) is 6.10 Å². The minimum atomic E-state index is -1.08. The van der Waals surface area contributed by atoms with Crippen molar-refractivity contribution in [2.24, 2.45) is 0 Å². The molecule has 5 nitrogen and oxygen atoms in total. The van der Waals surface area contributed by atoms with E-state index in [2.05, 4.69) is 15.9 Å². The molecule has 0 radical (unpaired) electrons. The Bertz CT molecular complexity index is 524. The van der Waals surface area contributed by atoms with Crippen molar-refractivity contribution in [2.75, 3.05) is 13.1 Å². The maximum atomic E-state index is 13.0. The van der Waals surface area contributed by atoms with E-state index in [0.717, 1.165) is 0 Å². The van der Waals surface area contributed by atoms with Crippen LogP contribution in [0.4, 0.5) is 4.39 Å². The van der Waals surface area contributed by atoms with Crippen molar-refractivity contribution < 1.29 is 23.8 Å². The van der Waals surface area contributed by atoms with Gasteiger partial charge in [-0.05, 0) is 47.5 Å². The van der Waals surface area contributed by atoms with Gasteiger partial charge in [-0.1, -0.05) is 6.92 Å². The number of amides is 1. The Morgan fingerprint density at radius 3 is 2.67 bits per heavy atom. The molecule has 116 valence electrons. The lowest BCUT2D eigenvalue weighted by Crippen LogP contribution is -2.43. The average molecular weight is 362 g/mol. The van der Waals surface area contributed by atoms with Crippen molar-refractivity contribution >= 4 is 27.8 Å². The van der Waals surface area contributed by atoms with Crippen molar-refractivity contribution in [2.45, 2.75) is 26.4 Å². The predicted molar refractivity (Wildman–Crippen MR) is 78.7 cm³/mol. The van der Waals surface area contributed by atoms with Crippen molar-refractivity contribution in [1.29, 1.82) is 0 Å². The van der Waals surface area contributed by atoms with Gasteiger partial charge < -0.3 is 14.7 Å². The number of nitrogens with zero attached hydrogens (tertiary/aromatic N) is 1. The number of ether oxygens (including phenoxy) is 1. The number of hydrogen-bond donors (Lipinski definition) is 1. The van der Waals surface area contributed by atoms with Gasteiger partial charge in [0.05, 0.1) is 4.47 Å². The molecule has 1 N–H and O–H groups in total. The third-order valence-corrected chi connectivity index (χ3v) is 3.30. The largest absolute Gasteiger partial charge is 0.480 e. The number of carboxylic acid groups (broad SMARTS) is 1. The number of hydrogen-bond acceptors (Lipinski definition) is 3. The molecular formula is C14H17BrFNO4. The summed E-state index contributed by atoms with van der Waals surface area (Å²) in [7, 11) is 0. The van der Waals surface area contributed by atoms with E-state index in [4.69, 9.17) is 9.84 Å². The molecule has 0 aromatic heterocycles. The van der Waals surface area contributed by atoms with Crippen molar-refractivity contribution in [3.05, 3.63) is 28.5 Å². The second-order valence-electron chi connectivity index (χ2n) is 4.49. The number of rotatable bonds is 7. The van der Waals surface area contributed by atoms with Crippen molar-refractivity contribution in [3.8, 4) is 5.75 Å². The molecule has 1 rings (SSSR count). The first kappa shape index (κ1) is 17.4. The van der Waals surface area contributed by atoms with E-state index in [1.54, 1.807) is 0 Å². The molecule has 1 unspecified atom stereocenters. The summed E-state index contributed by atoms with van der Waals surface area (Å²) in [4.78, 5) is 24.2. The van der Waals surface area contributed by atoms with Crippen molar-refractivity contribution in [1.82, 2.24) is 4.90 Å². The lowest BCUT2D eigenvalue weighted by atomic mass is 10.3. The third-order valence-electron chi connectivity index (χ3n) is 2.68. The molecule has 0 saturated carbocycles. The second-order valence-corrected chi connectivity index (χ2v) is 5.34. The van der Waals surface area contributed by atoms with Gasteiger partial charge in [0, 0.05) is 6.54 Å². The third kappa shape index (κ3) is 5.34. The molecule has 0 aliphatic rings. The van der Waals surface area contributed by atoms with Gasteiger partial charge >= 0.3 is 5.97 Å².